The van der Waals surface area contributed by atoms with Crippen LogP contribution in [0.25, 0.3) is 0 Å². The third-order valence-electron chi connectivity index (χ3n) is 2.76. The van der Waals surface area contributed by atoms with Gasteiger partial charge in [0, 0.05) is 0 Å². The Bertz CT molecular complexity index is 461. The molecule has 2 rings (SSSR count). The molecule has 0 heterocycles. The first kappa shape index (κ1) is 19.7. The van der Waals surface area contributed by atoms with Crippen LogP contribution in [0.2, 0.25) is 0 Å². The Morgan fingerprint density at radius 2 is 1.79 bits per heavy atom. The molecule has 0 fully saturated rings. The van der Waals surface area contributed by atoms with Crippen molar-refractivity contribution in [1.29, 1.82) is 0 Å². The van der Waals surface area contributed by atoms with Crippen LogP contribution in [0.4, 0.5) is 0 Å². The van der Waals surface area contributed by atoms with E-state index in [1.807, 2.05) is 0 Å². The third kappa shape index (κ3) is 5.90. The van der Waals surface area contributed by atoms with Gasteiger partial charge in [-0.2, -0.15) is 0 Å². The van der Waals surface area contributed by atoms with Gasteiger partial charge in [0.2, 0.25) is 0 Å². The van der Waals surface area contributed by atoms with Crippen molar-refractivity contribution in [3.63, 3.8) is 0 Å². The molecular formula is C15H18I2OTi. The van der Waals surface area contributed by atoms with Crippen molar-refractivity contribution in [1.82, 2.24) is 0 Å². The fraction of sp³-hybridized carbons (Fsp3) is 0.333. The molecule has 0 N–H and O–H groups in total. The standard InChI is InChI=1S/C10H14O.C5H5.2HI.Ti/c1-10(2,3)8-6-4-5-7-9(8)11;1-2-4-5-3-1;;;/h4-7,11H,1-3H3;1-3H,4H2;2*1H;/q;;;;+3/p-3. The molecule has 1 aliphatic rings. The summed E-state index contributed by atoms with van der Waals surface area (Å²) in [5.74, 6) is 1.06. The molecule has 1 aromatic carbocycles. The quantitative estimate of drug-likeness (QED) is 0.341. The Balaban J connectivity index is 0.00000162. The fourth-order valence-corrected chi connectivity index (χ4v) is 3.04. The van der Waals surface area contributed by atoms with Crippen LogP contribution in [0.1, 0.15) is 32.8 Å². The second kappa shape index (κ2) is 8.85. The average Bonchev–Trinajstić information content (AvgIpc) is 2.78. The van der Waals surface area contributed by atoms with Crippen molar-refractivity contribution in [2.45, 2.75) is 32.6 Å². The van der Waals surface area contributed by atoms with E-state index in [-0.39, 0.29) is 53.4 Å². The average molecular weight is 516 g/mol. The summed E-state index contributed by atoms with van der Waals surface area (Å²) in [5, 5.41) is 0. The van der Waals surface area contributed by atoms with E-state index < -0.39 is 19.5 Å². The zero-order valence-corrected chi connectivity index (χ0v) is 17.3. The van der Waals surface area contributed by atoms with Gasteiger partial charge in [0.25, 0.3) is 0 Å². The van der Waals surface area contributed by atoms with Crippen molar-refractivity contribution in [3.8, 4) is 5.75 Å². The van der Waals surface area contributed by atoms with E-state index in [1.165, 1.54) is 9.44 Å². The molecule has 1 aromatic rings. The number of rotatable bonds is 3. The van der Waals surface area contributed by atoms with E-state index in [1.54, 1.807) is 0 Å². The van der Waals surface area contributed by atoms with Gasteiger partial charge < -0.3 is 48.0 Å². The molecule has 19 heavy (non-hydrogen) atoms. The predicted octanol–water partition coefficient (Wildman–Crippen LogP) is -1.79. The first-order valence-corrected chi connectivity index (χ1v) is 7.37. The molecule has 0 saturated carbocycles. The summed E-state index contributed by atoms with van der Waals surface area (Å²) in [7, 11) is 0. The van der Waals surface area contributed by atoms with Gasteiger partial charge >= 0.3 is 113 Å². The molecular weight excluding hydrogens is 498 g/mol. The molecule has 1 aliphatic carbocycles. The second-order valence-electron chi connectivity index (χ2n) is 5.27. The van der Waals surface area contributed by atoms with Crippen LogP contribution in [0.3, 0.4) is 0 Å². The molecule has 0 aromatic heterocycles. The van der Waals surface area contributed by atoms with Crippen LogP contribution in [0.15, 0.2) is 46.4 Å². The summed E-state index contributed by atoms with van der Waals surface area (Å²) >= 11 is -0.463. The minimum absolute atomic E-state index is 0. The Kier molecular flexibility index (Phi) is 9.16. The number of para-hydroxylation sites is 1. The third-order valence-corrected chi connectivity index (χ3v) is 4.25. The summed E-state index contributed by atoms with van der Waals surface area (Å²) in [6.45, 7) is 6.68. The second-order valence-corrected chi connectivity index (χ2v) is 6.91. The summed E-state index contributed by atoms with van der Waals surface area (Å²) in [6, 6.07) is 8.40. The molecule has 0 unspecified atom stereocenters. The summed E-state index contributed by atoms with van der Waals surface area (Å²) in [4.78, 5) is 0. The van der Waals surface area contributed by atoms with Gasteiger partial charge in [0.1, 0.15) is 0 Å². The number of halogens is 2. The fourth-order valence-electron chi connectivity index (χ4n) is 1.82. The van der Waals surface area contributed by atoms with Crippen molar-refractivity contribution >= 4 is 0 Å². The van der Waals surface area contributed by atoms with E-state index in [2.05, 4.69) is 63.3 Å². The maximum absolute atomic E-state index is 6.06. The van der Waals surface area contributed by atoms with E-state index in [9.17, 15) is 0 Å². The smallest absolute Gasteiger partial charge is 1.00 e. The molecule has 0 spiro atoms. The van der Waals surface area contributed by atoms with Crippen LogP contribution in [0, 0.1) is 0 Å². The van der Waals surface area contributed by atoms with E-state index >= 15 is 0 Å². The van der Waals surface area contributed by atoms with Gasteiger partial charge in [-0.1, -0.05) is 0 Å². The molecule has 0 saturated heterocycles. The van der Waals surface area contributed by atoms with Gasteiger partial charge in [-0.15, -0.1) is 0 Å². The first-order chi connectivity index (χ1) is 8.07. The molecule has 4 heteroatoms. The molecule has 0 aliphatic heterocycles. The minimum atomic E-state index is -0.463. The van der Waals surface area contributed by atoms with Gasteiger partial charge in [-0.25, -0.2) is 0 Å². The Labute approximate surface area is 159 Å². The van der Waals surface area contributed by atoms with Gasteiger partial charge in [-0.05, 0) is 0 Å². The number of benzene rings is 1. The van der Waals surface area contributed by atoms with Crippen LogP contribution >= 0.6 is 0 Å². The normalized spacial score (nSPS) is 12.9. The molecule has 102 valence electrons. The van der Waals surface area contributed by atoms with Gasteiger partial charge in [0.05, 0.1) is 0 Å². The summed E-state index contributed by atoms with van der Waals surface area (Å²) in [6.07, 6.45) is 7.59. The van der Waals surface area contributed by atoms with Crippen molar-refractivity contribution in [3.05, 3.63) is 51.9 Å². The largest absolute Gasteiger partial charge is 1.00 e. The number of allylic oxidation sites excluding steroid dienone is 4. The van der Waals surface area contributed by atoms with Gasteiger partial charge in [-0.3, -0.25) is 0 Å². The zero-order valence-electron chi connectivity index (χ0n) is 11.4. The van der Waals surface area contributed by atoms with Crippen molar-refractivity contribution in [2.24, 2.45) is 0 Å². The Morgan fingerprint density at radius 3 is 2.37 bits per heavy atom. The molecule has 0 radical (unpaired) electrons. The van der Waals surface area contributed by atoms with E-state index in [0.717, 1.165) is 12.2 Å². The number of hydrogen-bond acceptors (Lipinski definition) is 1. The Morgan fingerprint density at radius 1 is 1.11 bits per heavy atom. The molecule has 1 nitrogen and oxygen atoms in total. The van der Waals surface area contributed by atoms with Crippen LogP contribution < -0.4 is 51.3 Å². The maximum Gasteiger partial charge on any atom is -1.00 e. The summed E-state index contributed by atoms with van der Waals surface area (Å²) < 4.78 is 7.53. The van der Waals surface area contributed by atoms with E-state index in [4.69, 9.17) is 3.32 Å². The topological polar surface area (TPSA) is 9.23 Å². The monoisotopic (exact) mass is 516 g/mol. The molecule has 0 bridgehead atoms. The van der Waals surface area contributed by atoms with Crippen molar-refractivity contribution < 1.29 is 70.8 Å². The van der Waals surface area contributed by atoms with Crippen molar-refractivity contribution in [2.75, 3.05) is 0 Å². The van der Waals surface area contributed by atoms with Gasteiger partial charge in [0.15, 0.2) is 0 Å². The SMILES string of the molecule is CC(C)(C)c1ccccc1[O][Ti+2][C]1=CC=CC1.[I-].[I-]. The number of hydrogen-bond donors (Lipinski definition) is 0. The maximum atomic E-state index is 6.06. The zero-order chi connectivity index (χ0) is 12.3. The predicted molar refractivity (Wildman–Crippen MR) is 67.6 cm³/mol. The van der Waals surface area contributed by atoms with Crippen LogP contribution in [0.5, 0.6) is 5.75 Å². The molecule has 0 atom stereocenters. The molecule has 0 amide bonds. The van der Waals surface area contributed by atoms with Crippen LogP contribution in [-0.4, -0.2) is 0 Å². The minimum Gasteiger partial charge on any atom is -1.00 e. The first-order valence-electron chi connectivity index (χ1n) is 5.95. The van der Waals surface area contributed by atoms with E-state index in [0.29, 0.717) is 0 Å². The Hall–Kier alpha value is 0.674. The summed E-state index contributed by atoms with van der Waals surface area (Å²) in [5.41, 5.74) is 1.45. The van der Waals surface area contributed by atoms with Crippen LogP contribution in [-0.2, 0) is 25.0 Å².